The van der Waals surface area contributed by atoms with Gasteiger partial charge in [0.05, 0.1) is 18.4 Å². The van der Waals surface area contributed by atoms with Gasteiger partial charge >= 0.3 is 5.97 Å². The molecule has 0 saturated heterocycles. The van der Waals surface area contributed by atoms with Crippen LogP contribution < -0.4 is 4.74 Å². The molecule has 4 heteroatoms. The predicted octanol–water partition coefficient (Wildman–Crippen LogP) is 2.18. The lowest BCUT2D eigenvalue weighted by atomic mass is 10.1. The smallest absolute Gasteiger partial charge is 0.337 e. The van der Waals surface area contributed by atoms with Gasteiger partial charge in [-0.1, -0.05) is 0 Å². The summed E-state index contributed by atoms with van der Waals surface area (Å²) in [5.41, 5.74) is 0.842. The first-order valence-corrected chi connectivity index (χ1v) is 4.77. The van der Waals surface area contributed by atoms with E-state index in [1.807, 2.05) is 12.1 Å². The quantitative estimate of drug-likeness (QED) is 0.857. The molecule has 16 heavy (non-hydrogen) atoms. The summed E-state index contributed by atoms with van der Waals surface area (Å²) in [6.07, 6.45) is 3.60. The van der Waals surface area contributed by atoms with Gasteiger partial charge in [-0.3, -0.25) is 0 Å². The number of carbonyl (C=O) groups is 1. The van der Waals surface area contributed by atoms with E-state index in [-0.39, 0.29) is 5.56 Å². The number of methoxy groups -OCH3 is 1. The molecule has 1 aromatic carbocycles. The van der Waals surface area contributed by atoms with Crippen LogP contribution in [-0.2, 0) is 0 Å². The van der Waals surface area contributed by atoms with Crippen LogP contribution in [0.15, 0.2) is 42.7 Å². The molecule has 2 rings (SSSR count). The molecule has 1 N–H and O–H groups in total. The van der Waals surface area contributed by atoms with E-state index in [0.717, 1.165) is 0 Å². The van der Waals surface area contributed by atoms with Gasteiger partial charge in [-0.2, -0.15) is 0 Å². The molecule has 0 radical (unpaired) electrons. The number of ether oxygens (including phenoxy) is 1. The number of hydrogen-bond acceptors (Lipinski definition) is 2. The van der Waals surface area contributed by atoms with Crippen LogP contribution in [0.5, 0.6) is 5.75 Å². The number of aromatic carboxylic acids is 1. The zero-order valence-electron chi connectivity index (χ0n) is 8.75. The summed E-state index contributed by atoms with van der Waals surface area (Å²) in [5.74, 6) is -0.434. The summed E-state index contributed by atoms with van der Waals surface area (Å²) in [5, 5.41) is 9.12. The molecule has 0 fully saturated rings. The summed E-state index contributed by atoms with van der Waals surface area (Å²) in [7, 11) is 1.51. The van der Waals surface area contributed by atoms with Crippen LogP contribution in [0, 0.1) is 0 Å². The van der Waals surface area contributed by atoms with E-state index in [0.29, 0.717) is 11.4 Å². The minimum Gasteiger partial charge on any atom is -0.497 e. The van der Waals surface area contributed by atoms with Crippen molar-refractivity contribution >= 4 is 5.97 Å². The zero-order valence-corrected chi connectivity index (χ0v) is 8.75. The Morgan fingerprint density at radius 1 is 1.31 bits per heavy atom. The molecule has 2 aromatic rings. The molecular weight excluding hydrogens is 206 g/mol. The van der Waals surface area contributed by atoms with Crippen LogP contribution in [-0.4, -0.2) is 22.8 Å². The van der Waals surface area contributed by atoms with Crippen molar-refractivity contribution in [2.75, 3.05) is 7.11 Å². The van der Waals surface area contributed by atoms with Crippen LogP contribution >= 0.6 is 0 Å². The first kappa shape index (κ1) is 10.3. The second-order valence-corrected chi connectivity index (χ2v) is 3.28. The molecule has 82 valence electrons. The minimum absolute atomic E-state index is 0.218. The van der Waals surface area contributed by atoms with Crippen molar-refractivity contribution < 1.29 is 14.6 Å². The summed E-state index contributed by atoms with van der Waals surface area (Å²) in [6, 6.07) is 8.66. The van der Waals surface area contributed by atoms with Crippen LogP contribution in [0.2, 0.25) is 0 Å². The van der Waals surface area contributed by atoms with Crippen LogP contribution in [0.1, 0.15) is 10.4 Å². The van der Waals surface area contributed by atoms with Crippen molar-refractivity contribution in [3.05, 3.63) is 48.3 Å². The highest BCUT2D eigenvalue weighted by molar-refractivity contribution is 5.92. The maximum Gasteiger partial charge on any atom is 0.337 e. The number of rotatable bonds is 3. The lowest BCUT2D eigenvalue weighted by Crippen LogP contribution is -2.04. The van der Waals surface area contributed by atoms with Crippen molar-refractivity contribution in [3.8, 4) is 11.4 Å². The summed E-state index contributed by atoms with van der Waals surface area (Å²) < 4.78 is 6.76. The minimum atomic E-state index is -0.970. The largest absolute Gasteiger partial charge is 0.497 e. The van der Waals surface area contributed by atoms with Crippen molar-refractivity contribution in [2.24, 2.45) is 0 Å². The fraction of sp³-hybridized carbons (Fsp3) is 0.0833. The van der Waals surface area contributed by atoms with E-state index in [2.05, 4.69) is 0 Å². The van der Waals surface area contributed by atoms with Gasteiger partial charge in [-0.05, 0) is 30.3 Å². The summed E-state index contributed by atoms with van der Waals surface area (Å²) in [4.78, 5) is 11.1. The van der Waals surface area contributed by atoms with Crippen molar-refractivity contribution in [3.63, 3.8) is 0 Å². The van der Waals surface area contributed by atoms with Gasteiger partial charge in [-0.15, -0.1) is 0 Å². The Balaban J connectivity index is 2.57. The summed E-state index contributed by atoms with van der Waals surface area (Å²) >= 11 is 0. The first-order chi connectivity index (χ1) is 7.72. The van der Waals surface area contributed by atoms with E-state index < -0.39 is 5.97 Å². The Morgan fingerprint density at radius 2 is 2.00 bits per heavy atom. The molecule has 0 unspecified atom stereocenters. The van der Waals surface area contributed by atoms with E-state index >= 15 is 0 Å². The van der Waals surface area contributed by atoms with Gasteiger partial charge in [-0.25, -0.2) is 4.79 Å². The molecule has 0 aliphatic rings. The van der Waals surface area contributed by atoms with Crippen LogP contribution in [0.4, 0.5) is 0 Å². The topological polar surface area (TPSA) is 51.5 Å². The lowest BCUT2D eigenvalue weighted by Gasteiger charge is -2.09. The summed E-state index contributed by atoms with van der Waals surface area (Å²) in [6.45, 7) is 0. The second-order valence-electron chi connectivity index (χ2n) is 3.28. The first-order valence-electron chi connectivity index (χ1n) is 4.77. The van der Waals surface area contributed by atoms with E-state index in [1.165, 1.54) is 13.2 Å². The van der Waals surface area contributed by atoms with E-state index in [1.54, 1.807) is 29.1 Å². The van der Waals surface area contributed by atoms with Gasteiger partial charge < -0.3 is 14.4 Å². The Labute approximate surface area is 92.7 Å². The maximum absolute atomic E-state index is 11.1. The molecule has 1 heterocycles. The third kappa shape index (κ3) is 1.77. The van der Waals surface area contributed by atoms with Crippen molar-refractivity contribution in [1.82, 2.24) is 4.57 Å². The molecule has 1 aromatic heterocycles. The van der Waals surface area contributed by atoms with Gasteiger partial charge in [0.15, 0.2) is 0 Å². The van der Waals surface area contributed by atoms with Gasteiger partial charge in [0.25, 0.3) is 0 Å². The van der Waals surface area contributed by atoms with Crippen LogP contribution in [0.25, 0.3) is 5.69 Å². The zero-order chi connectivity index (χ0) is 11.5. The van der Waals surface area contributed by atoms with Gasteiger partial charge in [0.2, 0.25) is 0 Å². The number of carboxylic acids is 1. The fourth-order valence-electron chi connectivity index (χ4n) is 1.53. The SMILES string of the molecule is COc1ccc(-n2cccc2)c(C(=O)O)c1. The number of hydrogen-bond donors (Lipinski definition) is 1. The number of carboxylic acid groups (broad SMARTS) is 1. The number of aromatic nitrogens is 1. The average molecular weight is 217 g/mol. The number of benzene rings is 1. The Bertz CT molecular complexity index is 503. The monoisotopic (exact) mass is 217 g/mol. The Kier molecular flexibility index (Phi) is 2.64. The fourth-order valence-corrected chi connectivity index (χ4v) is 1.53. The van der Waals surface area contributed by atoms with E-state index in [4.69, 9.17) is 9.84 Å². The predicted molar refractivity (Wildman–Crippen MR) is 59.3 cm³/mol. The van der Waals surface area contributed by atoms with Gasteiger partial charge in [0.1, 0.15) is 5.75 Å². The normalized spacial score (nSPS) is 10.1. The highest BCUT2D eigenvalue weighted by Crippen LogP contribution is 2.21. The maximum atomic E-state index is 11.1. The van der Waals surface area contributed by atoms with Gasteiger partial charge in [0, 0.05) is 12.4 Å². The van der Waals surface area contributed by atoms with Crippen molar-refractivity contribution in [1.29, 1.82) is 0 Å². The lowest BCUT2D eigenvalue weighted by molar-refractivity contribution is 0.0696. The average Bonchev–Trinajstić information content (AvgIpc) is 2.81. The molecule has 0 spiro atoms. The second kappa shape index (κ2) is 4.10. The highest BCUT2D eigenvalue weighted by atomic mass is 16.5. The molecule has 0 bridgehead atoms. The molecule has 0 aliphatic heterocycles. The van der Waals surface area contributed by atoms with Crippen molar-refractivity contribution in [2.45, 2.75) is 0 Å². The standard InChI is InChI=1S/C12H11NO3/c1-16-9-4-5-11(10(8-9)12(14)15)13-6-2-3-7-13/h2-8H,1H3,(H,14,15). The van der Waals surface area contributed by atoms with Crippen LogP contribution in [0.3, 0.4) is 0 Å². The molecule has 0 saturated carbocycles. The highest BCUT2D eigenvalue weighted by Gasteiger charge is 2.12. The molecule has 0 aliphatic carbocycles. The molecular formula is C12H11NO3. The third-order valence-electron chi connectivity index (χ3n) is 2.32. The number of nitrogens with zero attached hydrogens (tertiary/aromatic N) is 1. The third-order valence-corrected chi connectivity index (χ3v) is 2.32. The molecule has 4 nitrogen and oxygen atoms in total. The molecule has 0 amide bonds. The molecule has 0 atom stereocenters. The Morgan fingerprint density at radius 3 is 2.56 bits per heavy atom. The Hall–Kier alpha value is -2.23. The van der Waals surface area contributed by atoms with E-state index in [9.17, 15) is 4.79 Å².